The SMILES string of the molecule is COC(=O)c1cc(N)cn1Cc1cccc(C#N)c1F. The van der Waals surface area contributed by atoms with Crippen molar-refractivity contribution in [1.82, 2.24) is 4.57 Å². The number of aromatic nitrogens is 1. The van der Waals surface area contributed by atoms with Crippen molar-refractivity contribution in [2.75, 3.05) is 12.8 Å². The van der Waals surface area contributed by atoms with E-state index in [-0.39, 0.29) is 17.8 Å². The van der Waals surface area contributed by atoms with E-state index in [0.29, 0.717) is 11.3 Å². The molecule has 1 heterocycles. The predicted octanol–water partition coefficient (Wildman–Crippen LogP) is 1.92. The molecule has 0 aliphatic carbocycles. The molecule has 0 atom stereocenters. The van der Waals surface area contributed by atoms with Crippen molar-refractivity contribution in [3.05, 3.63) is 53.1 Å². The summed E-state index contributed by atoms with van der Waals surface area (Å²) in [4.78, 5) is 11.6. The Morgan fingerprint density at radius 3 is 2.95 bits per heavy atom. The summed E-state index contributed by atoms with van der Waals surface area (Å²) in [5.41, 5.74) is 6.51. The van der Waals surface area contributed by atoms with E-state index >= 15 is 0 Å². The van der Waals surface area contributed by atoms with E-state index in [1.54, 1.807) is 18.2 Å². The van der Waals surface area contributed by atoms with Crippen molar-refractivity contribution in [3.63, 3.8) is 0 Å². The van der Waals surface area contributed by atoms with Gasteiger partial charge >= 0.3 is 5.97 Å². The minimum Gasteiger partial charge on any atom is -0.464 e. The van der Waals surface area contributed by atoms with E-state index in [4.69, 9.17) is 11.0 Å². The van der Waals surface area contributed by atoms with Gasteiger partial charge in [-0.1, -0.05) is 12.1 Å². The molecule has 1 aromatic carbocycles. The summed E-state index contributed by atoms with van der Waals surface area (Å²) >= 11 is 0. The number of hydrogen-bond acceptors (Lipinski definition) is 4. The molecule has 0 fully saturated rings. The highest BCUT2D eigenvalue weighted by Crippen LogP contribution is 2.18. The van der Waals surface area contributed by atoms with Gasteiger partial charge in [-0.05, 0) is 12.1 Å². The Balaban J connectivity index is 2.41. The molecule has 2 N–H and O–H groups in total. The molecule has 5 nitrogen and oxygen atoms in total. The molecule has 0 amide bonds. The molecule has 0 spiro atoms. The number of ether oxygens (including phenoxy) is 1. The van der Waals surface area contributed by atoms with Gasteiger partial charge in [0.15, 0.2) is 0 Å². The fraction of sp³-hybridized carbons (Fsp3) is 0.143. The molecular formula is C14H12FN3O2. The quantitative estimate of drug-likeness (QED) is 0.866. The summed E-state index contributed by atoms with van der Waals surface area (Å²) in [5.74, 6) is -1.16. The first-order chi connectivity index (χ1) is 9.56. The molecule has 1 aromatic heterocycles. The zero-order valence-electron chi connectivity index (χ0n) is 10.8. The highest BCUT2D eigenvalue weighted by atomic mass is 19.1. The number of anilines is 1. The van der Waals surface area contributed by atoms with E-state index in [1.807, 2.05) is 0 Å². The smallest absolute Gasteiger partial charge is 0.354 e. The van der Waals surface area contributed by atoms with Gasteiger partial charge < -0.3 is 15.0 Å². The number of carbonyl (C=O) groups is 1. The Morgan fingerprint density at radius 1 is 1.55 bits per heavy atom. The molecule has 2 aromatic rings. The van der Waals surface area contributed by atoms with E-state index in [0.717, 1.165) is 0 Å². The lowest BCUT2D eigenvalue weighted by Crippen LogP contribution is -2.11. The van der Waals surface area contributed by atoms with Crippen LogP contribution in [0.15, 0.2) is 30.5 Å². The predicted molar refractivity (Wildman–Crippen MR) is 70.4 cm³/mol. The number of esters is 1. The third-order valence-corrected chi connectivity index (χ3v) is 2.85. The maximum absolute atomic E-state index is 14.0. The van der Waals surface area contributed by atoms with Crippen LogP contribution in [-0.4, -0.2) is 17.6 Å². The first-order valence-electron chi connectivity index (χ1n) is 5.78. The van der Waals surface area contributed by atoms with E-state index in [9.17, 15) is 9.18 Å². The van der Waals surface area contributed by atoms with Gasteiger partial charge in [-0.2, -0.15) is 5.26 Å². The monoisotopic (exact) mass is 273 g/mol. The second-order valence-corrected chi connectivity index (χ2v) is 4.17. The first kappa shape index (κ1) is 13.6. The van der Waals surface area contributed by atoms with Crippen LogP contribution in [0.25, 0.3) is 0 Å². The van der Waals surface area contributed by atoms with Crippen molar-refractivity contribution in [2.24, 2.45) is 0 Å². The number of nitrogens with two attached hydrogens (primary N) is 1. The van der Waals surface area contributed by atoms with Crippen LogP contribution in [0, 0.1) is 17.1 Å². The minimum atomic E-state index is -0.599. The fourth-order valence-corrected chi connectivity index (χ4v) is 1.91. The third kappa shape index (κ3) is 2.47. The van der Waals surface area contributed by atoms with Gasteiger partial charge in [-0.3, -0.25) is 0 Å². The van der Waals surface area contributed by atoms with E-state index in [1.165, 1.54) is 30.0 Å². The van der Waals surface area contributed by atoms with Crippen LogP contribution in [0.1, 0.15) is 21.6 Å². The maximum Gasteiger partial charge on any atom is 0.354 e. The van der Waals surface area contributed by atoms with Gasteiger partial charge in [0.25, 0.3) is 0 Å². The van der Waals surface area contributed by atoms with Crippen LogP contribution in [0.2, 0.25) is 0 Å². The highest BCUT2D eigenvalue weighted by molar-refractivity contribution is 5.89. The highest BCUT2D eigenvalue weighted by Gasteiger charge is 2.15. The minimum absolute atomic E-state index is 0.0396. The van der Waals surface area contributed by atoms with Crippen LogP contribution in [0.4, 0.5) is 10.1 Å². The zero-order chi connectivity index (χ0) is 14.7. The normalized spacial score (nSPS) is 10.1. The average molecular weight is 273 g/mol. The number of nitriles is 1. The van der Waals surface area contributed by atoms with Crippen molar-refractivity contribution in [1.29, 1.82) is 5.26 Å². The fourth-order valence-electron chi connectivity index (χ4n) is 1.91. The molecule has 0 saturated heterocycles. The van der Waals surface area contributed by atoms with E-state index in [2.05, 4.69) is 4.74 Å². The summed E-state index contributed by atoms with van der Waals surface area (Å²) in [7, 11) is 1.26. The molecular weight excluding hydrogens is 261 g/mol. The van der Waals surface area contributed by atoms with Crippen molar-refractivity contribution >= 4 is 11.7 Å². The molecule has 6 heteroatoms. The van der Waals surface area contributed by atoms with Gasteiger partial charge in [0.2, 0.25) is 0 Å². The standard InChI is InChI=1S/C14H12FN3O2/c1-20-14(19)12-5-11(17)8-18(12)7-10-4-2-3-9(6-16)13(10)15/h2-5,8H,7,17H2,1H3. The Morgan fingerprint density at radius 2 is 2.30 bits per heavy atom. The van der Waals surface area contributed by atoms with Crippen molar-refractivity contribution in [2.45, 2.75) is 6.54 Å². The average Bonchev–Trinajstić information content (AvgIpc) is 2.81. The van der Waals surface area contributed by atoms with Crippen LogP contribution >= 0.6 is 0 Å². The zero-order valence-corrected chi connectivity index (χ0v) is 10.8. The van der Waals surface area contributed by atoms with Gasteiger partial charge in [0.1, 0.15) is 17.6 Å². The Labute approximate surface area is 115 Å². The molecule has 0 aliphatic rings. The molecule has 0 bridgehead atoms. The number of hydrogen-bond donors (Lipinski definition) is 1. The van der Waals surface area contributed by atoms with Crippen molar-refractivity contribution in [3.8, 4) is 6.07 Å². The first-order valence-corrected chi connectivity index (χ1v) is 5.78. The van der Waals surface area contributed by atoms with Crippen LogP contribution in [0.5, 0.6) is 0 Å². The lowest BCUT2D eigenvalue weighted by molar-refractivity contribution is 0.0589. The second-order valence-electron chi connectivity index (χ2n) is 4.17. The Kier molecular flexibility index (Phi) is 3.71. The number of halogens is 1. The molecule has 102 valence electrons. The lowest BCUT2D eigenvalue weighted by atomic mass is 10.1. The molecule has 0 aliphatic heterocycles. The molecule has 0 saturated carbocycles. The number of methoxy groups -OCH3 is 1. The van der Waals surface area contributed by atoms with Crippen molar-refractivity contribution < 1.29 is 13.9 Å². The number of rotatable bonds is 3. The summed E-state index contributed by atoms with van der Waals surface area (Å²) in [6.07, 6.45) is 1.52. The van der Waals surface area contributed by atoms with Gasteiger partial charge in [0, 0.05) is 11.8 Å². The number of benzene rings is 1. The van der Waals surface area contributed by atoms with Crippen LogP contribution in [-0.2, 0) is 11.3 Å². The number of nitrogen functional groups attached to an aromatic ring is 1. The molecule has 0 unspecified atom stereocenters. The van der Waals surface area contributed by atoms with Crippen LogP contribution in [0.3, 0.4) is 0 Å². The summed E-state index contributed by atoms with van der Waals surface area (Å²) in [6.45, 7) is 0.0863. The van der Waals surface area contributed by atoms with Gasteiger partial charge in [-0.25, -0.2) is 9.18 Å². The Bertz CT molecular complexity index is 701. The Hall–Kier alpha value is -2.81. The van der Waals surface area contributed by atoms with Gasteiger partial charge in [0.05, 0.1) is 24.9 Å². The maximum atomic E-state index is 14.0. The van der Waals surface area contributed by atoms with Crippen LogP contribution < -0.4 is 5.73 Å². The summed E-state index contributed by atoms with van der Waals surface area (Å²) in [5, 5.41) is 8.80. The second kappa shape index (κ2) is 5.45. The van der Waals surface area contributed by atoms with Gasteiger partial charge in [-0.15, -0.1) is 0 Å². The van der Waals surface area contributed by atoms with E-state index < -0.39 is 11.8 Å². The third-order valence-electron chi connectivity index (χ3n) is 2.85. The largest absolute Gasteiger partial charge is 0.464 e. The molecule has 0 radical (unpaired) electrons. The molecule has 2 rings (SSSR count). The topological polar surface area (TPSA) is 81.0 Å². The lowest BCUT2D eigenvalue weighted by Gasteiger charge is -2.09. The summed E-state index contributed by atoms with van der Waals surface area (Å²) < 4.78 is 20.1. The summed E-state index contributed by atoms with van der Waals surface area (Å²) in [6, 6.07) is 7.76. The molecule has 20 heavy (non-hydrogen) atoms. The number of nitrogens with zero attached hydrogens (tertiary/aromatic N) is 2. The number of carbonyl (C=O) groups excluding carboxylic acids is 1.